The van der Waals surface area contributed by atoms with Crippen molar-refractivity contribution in [1.29, 1.82) is 0 Å². The van der Waals surface area contributed by atoms with Gasteiger partial charge in [-0.3, -0.25) is 39.1 Å². The van der Waals surface area contributed by atoms with Crippen LogP contribution in [0.1, 0.15) is 55.0 Å². The second kappa shape index (κ2) is 11.7. The average molecular weight is 581 g/mol. The fourth-order valence-corrected chi connectivity index (χ4v) is 5.88. The van der Waals surface area contributed by atoms with Crippen LogP contribution in [0.2, 0.25) is 0 Å². The van der Waals surface area contributed by atoms with Crippen molar-refractivity contribution in [2.75, 3.05) is 36.4 Å². The van der Waals surface area contributed by atoms with Crippen molar-refractivity contribution < 1.29 is 24.0 Å². The molecule has 3 aliphatic heterocycles. The van der Waals surface area contributed by atoms with Crippen molar-refractivity contribution in [2.24, 2.45) is 5.73 Å². The molecule has 3 aliphatic rings. The summed E-state index contributed by atoms with van der Waals surface area (Å²) in [5, 5.41) is 5.51. The highest BCUT2D eigenvalue weighted by Crippen LogP contribution is 2.32. The van der Waals surface area contributed by atoms with E-state index in [1.807, 2.05) is 24.3 Å². The van der Waals surface area contributed by atoms with E-state index >= 15 is 0 Å². The molecule has 0 spiro atoms. The summed E-state index contributed by atoms with van der Waals surface area (Å²) in [7, 11) is 0. The summed E-state index contributed by atoms with van der Waals surface area (Å²) >= 11 is 0. The number of primary amides is 1. The highest BCUT2D eigenvalue weighted by molar-refractivity contribution is 6.25. The molecule has 43 heavy (non-hydrogen) atoms. The third kappa shape index (κ3) is 5.71. The zero-order chi connectivity index (χ0) is 30.1. The number of amides is 5. The number of carbonyl (C=O) groups is 5. The first kappa shape index (κ1) is 28.1. The monoisotopic (exact) mass is 580 g/mol. The Morgan fingerprint density at radius 3 is 2.23 bits per heavy atom. The Kier molecular flexibility index (Phi) is 7.64. The zero-order valence-corrected chi connectivity index (χ0v) is 23.5. The number of nitrogens with zero attached hydrogens (tertiary/aromatic N) is 3. The smallest absolute Gasteiger partial charge is 0.264 e. The molecule has 3 heterocycles. The lowest BCUT2D eigenvalue weighted by Gasteiger charge is -2.36. The van der Waals surface area contributed by atoms with E-state index in [0.29, 0.717) is 17.8 Å². The predicted molar refractivity (Wildman–Crippen MR) is 159 cm³/mol. The first-order chi connectivity index (χ1) is 20.8. The number of benzene rings is 3. The number of nitrogens with one attached hydrogen (secondary N) is 2. The van der Waals surface area contributed by atoms with Crippen LogP contribution in [-0.4, -0.2) is 71.6 Å². The van der Waals surface area contributed by atoms with Gasteiger partial charge in [0, 0.05) is 62.6 Å². The van der Waals surface area contributed by atoms with Gasteiger partial charge in [-0.25, -0.2) is 0 Å². The Morgan fingerprint density at radius 1 is 0.860 bits per heavy atom. The van der Waals surface area contributed by atoms with Crippen LogP contribution >= 0.6 is 0 Å². The van der Waals surface area contributed by atoms with Gasteiger partial charge in [0.1, 0.15) is 6.04 Å². The van der Waals surface area contributed by atoms with Crippen LogP contribution in [0.15, 0.2) is 66.7 Å². The topological polar surface area (TPSA) is 145 Å². The van der Waals surface area contributed by atoms with E-state index in [1.54, 1.807) is 30.3 Å². The molecule has 6 rings (SSSR count). The number of imide groups is 2. The van der Waals surface area contributed by atoms with Crippen LogP contribution in [0.5, 0.6) is 0 Å². The minimum atomic E-state index is -0.997. The Balaban J connectivity index is 1.04. The summed E-state index contributed by atoms with van der Waals surface area (Å²) in [4.78, 5) is 67.3. The molecular formula is C32H32N6O5. The van der Waals surface area contributed by atoms with Crippen LogP contribution in [-0.2, 0) is 22.7 Å². The second-order valence-electron chi connectivity index (χ2n) is 11.0. The lowest BCUT2D eigenvalue weighted by Crippen LogP contribution is -2.54. The third-order valence-corrected chi connectivity index (χ3v) is 8.27. The van der Waals surface area contributed by atoms with Gasteiger partial charge in [0.15, 0.2) is 0 Å². The van der Waals surface area contributed by atoms with Crippen molar-refractivity contribution >= 4 is 40.9 Å². The zero-order valence-electron chi connectivity index (χ0n) is 23.5. The molecule has 0 radical (unpaired) electrons. The van der Waals surface area contributed by atoms with E-state index in [1.165, 1.54) is 5.56 Å². The van der Waals surface area contributed by atoms with Crippen molar-refractivity contribution in [3.63, 3.8) is 0 Å². The van der Waals surface area contributed by atoms with Crippen molar-refractivity contribution in [1.82, 2.24) is 15.1 Å². The van der Waals surface area contributed by atoms with E-state index in [9.17, 15) is 24.0 Å². The average Bonchev–Trinajstić information content (AvgIpc) is 3.27. The Bertz CT molecular complexity index is 1600. The first-order valence-electron chi connectivity index (χ1n) is 14.3. The summed E-state index contributed by atoms with van der Waals surface area (Å²) in [6.45, 7) is 4.90. The summed E-state index contributed by atoms with van der Waals surface area (Å²) in [5.74, 6) is -2.51. The number of carbonyl (C=O) groups excluding carboxylic acids is 5. The largest absolute Gasteiger partial charge is 0.380 e. The number of fused-ring (bicyclic) bond motifs is 1. The minimum absolute atomic E-state index is 0.0786. The highest BCUT2D eigenvalue weighted by Gasteiger charge is 2.45. The minimum Gasteiger partial charge on any atom is -0.380 e. The molecule has 0 saturated carbocycles. The molecular weight excluding hydrogens is 548 g/mol. The summed E-state index contributed by atoms with van der Waals surface area (Å²) in [5.41, 5.74) is 10.2. The fraction of sp³-hybridized carbons (Fsp3) is 0.281. The van der Waals surface area contributed by atoms with Crippen LogP contribution in [0, 0.1) is 0 Å². The van der Waals surface area contributed by atoms with Crippen LogP contribution in [0.4, 0.5) is 11.4 Å². The molecule has 11 heteroatoms. The molecule has 1 unspecified atom stereocenters. The van der Waals surface area contributed by atoms with E-state index in [-0.39, 0.29) is 24.0 Å². The van der Waals surface area contributed by atoms with Crippen LogP contribution in [0.3, 0.4) is 0 Å². The van der Waals surface area contributed by atoms with E-state index in [0.717, 1.165) is 48.9 Å². The summed E-state index contributed by atoms with van der Waals surface area (Å²) in [6, 6.07) is 19.7. The van der Waals surface area contributed by atoms with Gasteiger partial charge in [0.05, 0.1) is 11.1 Å². The molecule has 2 fully saturated rings. The Hall–Kier alpha value is -5.03. The molecule has 2 saturated heterocycles. The number of rotatable bonds is 8. The molecule has 0 aliphatic carbocycles. The summed E-state index contributed by atoms with van der Waals surface area (Å²) < 4.78 is 0. The highest BCUT2D eigenvalue weighted by atomic mass is 16.2. The first-order valence-corrected chi connectivity index (χ1v) is 14.3. The Labute approximate surface area is 248 Å². The number of piperazine rings is 1. The fourth-order valence-electron chi connectivity index (χ4n) is 5.88. The third-order valence-electron chi connectivity index (χ3n) is 8.27. The van der Waals surface area contributed by atoms with Gasteiger partial charge in [-0.05, 0) is 53.9 Å². The molecule has 0 bridgehead atoms. The quantitative estimate of drug-likeness (QED) is 0.344. The predicted octanol–water partition coefficient (Wildman–Crippen LogP) is 2.12. The molecule has 1 atom stereocenters. The van der Waals surface area contributed by atoms with Crippen LogP contribution in [0.25, 0.3) is 0 Å². The molecule has 3 aromatic rings. The van der Waals surface area contributed by atoms with Gasteiger partial charge in [-0.15, -0.1) is 0 Å². The van der Waals surface area contributed by atoms with E-state index < -0.39 is 35.6 Å². The SMILES string of the molecule is NC(=O)c1ccc(N2CCN(Cc3ccc(CNc4cccc5c4C(=O)N(C4CCC(=O)NC4=O)C5=O)cc3)CC2)cc1. The maximum absolute atomic E-state index is 13.3. The van der Waals surface area contributed by atoms with E-state index in [4.69, 9.17) is 5.73 Å². The van der Waals surface area contributed by atoms with E-state index in [2.05, 4.69) is 32.6 Å². The maximum Gasteiger partial charge on any atom is 0.264 e. The van der Waals surface area contributed by atoms with Crippen molar-refractivity contribution in [3.05, 3.63) is 94.5 Å². The van der Waals surface area contributed by atoms with Gasteiger partial charge in [-0.1, -0.05) is 30.3 Å². The van der Waals surface area contributed by atoms with Crippen molar-refractivity contribution in [3.8, 4) is 0 Å². The van der Waals surface area contributed by atoms with Gasteiger partial charge in [-0.2, -0.15) is 0 Å². The number of nitrogens with two attached hydrogens (primary N) is 1. The van der Waals surface area contributed by atoms with Gasteiger partial charge < -0.3 is 16.0 Å². The normalized spacial score (nSPS) is 18.9. The molecule has 5 amide bonds. The van der Waals surface area contributed by atoms with Gasteiger partial charge in [0.2, 0.25) is 17.7 Å². The number of hydrogen-bond donors (Lipinski definition) is 3. The summed E-state index contributed by atoms with van der Waals surface area (Å²) in [6.07, 6.45) is 0.197. The van der Waals surface area contributed by atoms with Gasteiger partial charge in [0.25, 0.3) is 11.8 Å². The maximum atomic E-state index is 13.3. The molecule has 11 nitrogen and oxygen atoms in total. The second-order valence-corrected chi connectivity index (χ2v) is 11.0. The number of anilines is 2. The number of piperidine rings is 1. The van der Waals surface area contributed by atoms with Crippen LogP contribution < -0.4 is 21.3 Å². The lowest BCUT2D eigenvalue weighted by molar-refractivity contribution is -0.136. The standard InChI is InChI=1S/C32H32N6O5/c33-29(40)22-8-10-23(11-9-22)37-16-14-36(15-17-37)19-21-6-4-20(5-7-21)18-34-25-3-1-2-24-28(25)32(43)38(31(24)42)26-12-13-27(39)35-30(26)41/h1-11,26,34H,12-19H2,(H2,33,40)(H,35,39,41). The van der Waals surface area contributed by atoms with Crippen molar-refractivity contribution in [2.45, 2.75) is 32.0 Å². The molecule has 3 aromatic carbocycles. The molecule has 0 aromatic heterocycles. The molecule has 4 N–H and O–H groups in total. The lowest BCUT2D eigenvalue weighted by atomic mass is 10.0. The number of hydrogen-bond acceptors (Lipinski definition) is 8. The van der Waals surface area contributed by atoms with Gasteiger partial charge >= 0.3 is 0 Å². The Morgan fingerprint density at radius 2 is 1.56 bits per heavy atom. The molecule has 220 valence electrons.